The Balaban J connectivity index is 1.99. The second kappa shape index (κ2) is 45.8. The second-order valence-corrected chi connectivity index (χ2v) is 26.8. The third-order valence-corrected chi connectivity index (χ3v) is 17.4. The van der Waals surface area contributed by atoms with Gasteiger partial charge in [0.15, 0.2) is 11.9 Å². The molecule has 12 atom stereocenters. The lowest BCUT2D eigenvalue weighted by molar-refractivity contribution is -0.144. The van der Waals surface area contributed by atoms with Gasteiger partial charge in [-0.1, -0.05) is 45.9 Å². The van der Waals surface area contributed by atoms with E-state index in [1.54, 1.807) is 64.4 Å². The van der Waals surface area contributed by atoms with Gasteiger partial charge in [0.1, 0.15) is 72.5 Å². The van der Waals surface area contributed by atoms with Gasteiger partial charge < -0.3 is 117 Å². The number of carboxylic acid groups (broad SMARTS) is 1. The molecule has 3 rings (SSSR count). The molecule has 0 unspecified atom stereocenters. The number of aliphatic carboxylic acids is 1. The van der Waals surface area contributed by atoms with Crippen LogP contribution in [-0.2, 0) is 68.7 Å². The van der Waals surface area contributed by atoms with Crippen molar-refractivity contribution in [3.8, 4) is 0 Å². The van der Waals surface area contributed by atoms with Crippen molar-refractivity contribution in [2.24, 2.45) is 50.5 Å². The van der Waals surface area contributed by atoms with Crippen LogP contribution in [0, 0.1) is 11.8 Å². The van der Waals surface area contributed by atoms with Crippen molar-refractivity contribution in [2.75, 3.05) is 63.8 Å². The lowest BCUT2D eigenvalue weighted by Crippen LogP contribution is -2.61. The van der Waals surface area contributed by atoms with Gasteiger partial charge in [-0.25, -0.2) is 4.79 Å². The summed E-state index contributed by atoms with van der Waals surface area (Å²) >= 11 is 5.60. The maximum Gasteiger partial charge on any atom is 0.328 e. The number of nitrogens with two attached hydrogens (primary N) is 5. The van der Waals surface area contributed by atoms with Crippen molar-refractivity contribution in [3.05, 3.63) is 36.0 Å². The number of H-pyrrole nitrogens is 1. The van der Waals surface area contributed by atoms with Crippen LogP contribution in [0.25, 0.3) is 10.9 Å². The van der Waals surface area contributed by atoms with Gasteiger partial charge in [0.05, 0.1) is 19.8 Å². The zero-order chi connectivity index (χ0) is 77.0. The summed E-state index contributed by atoms with van der Waals surface area (Å²) in [6, 6.07) is -10.3. The molecule has 103 heavy (non-hydrogen) atoms. The first kappa shape index (κ1) is 88.2. The van der Waals surface area contributed by atoms with Crippen molar-refractivity contribution in [2.45, 2.75) is 184 Å². The van der Waals surface area contributed by atoms with Crippen molar-refractivity contribution in [3.63, 3.8) is 0 Å². The van der Waals surface area contributed by atoms with Gasteiger partial charge >= 0.3 is 5.97 Å². The maximum absolute atomic E-state index is 14.8. The second-order valence-electron chi connectivity index (χ2n) is 25.4. The Labute approximate surface area is 607 Å². The molecule has 37 nitrogen and oxygen atoms in total. The normalized spacial score (nSPS) is 15.9. The maximum atomic E-state index is 14.8. The molecule has 2 heterocycles. The number of guanidine groups is 2. The molecule has 0 saturated carbocycles. The Morgan fingerprint density at radius 1 is 0.583 bits per heavy atom. The van der Waals surface area contributed by atoms with E-state index in [-0.39, 0.29) is 114 Å². The SMILES string of the molecule is CSCC[C@H](NC(=O)[C@H](CCCCN)NC(=O)[C@H](CCCN=C(N)N)NC(=O)[C@H](CO)NC(=O)[C@H](Cc1c[nH]c2ccccc12)NC(=O)[C@H](CCCN=C(N)N)NC(=O)[C@H](CC(C)C)NC(=O)[C@@H](CO)NC(C)=O)C(=O)N1CCC[C@H]1C(=O)N[C@@H](CS)C(=O)N[C@H](C(=O)N[C@@H](CO)C(=O)O)C(C)C. The number of thioether (sulfide) groups is 1. The van der Waals surface area contributed by atoms with Crippen molar-refractivity contribution in [1.82, 2.24) is 68.4 Å². The van der Waals surface area contributed by atoms with E-state index in [0.29, 0.717) is 35.1 Å². The number of para-hydroxylation sites is 1. The fourth-order valence-electron chi connectivity index (χ4n) is 11.0. The highest BCUT2D eigenvalue weighted by atomic mass is 32.2. The fraction of sp³-hybridized carbons (Fsp3) is 0.641. The number of carboxylic acids is 1. The molecule has 26 N–H and O–H groups in total. The number of fused-ring (bicyclic) bond motifs is 1. The first-order valence-corrected chi connectivity index (χ1v) is 36.0. The first-order valence-electron chi connectivity index (χ1n) is 34.0. The molecule has 1 saturated heterocycles. The van der Waals surface area contributed by atoms with Gasteiger partial charge in [0, 0.05) is 55.8 Å². The number of carbonyl (C=O) groups excluding carboxylic acids is 12. The molecular formula is C64H106N20O17S2. The minimum atomic E-state index is -1.84. The summed E-state index contributed by atoms with van der Waals surface area (Å²) in [7, 11) is 0. The average Bonchev–Trinajstić information content (AvgIpc) is 1.73. The number of rotatable bonds is 47. The average molecular weight is 1490 g/mol. The summed E-state index contributed by atoms with van der Waals surface area (Å²) in [5, 5.41) is 68.1. The summed E-state index contributed by atoms with van der Waals surface area (Å²) in [6.45, 7) is 5.17. The van der Waals surface area contributed by atoms with E-state index >= 15 is 0 Å². The fourth-order valence-corrected chi connectivity index (χ4v) is 11.7. The molecule has 2 aromatic rings. The summed E-state index contributed by atoms with van der Waals surface area (Å²) in [5.74, 6) is -13.3. The molecule has 0 bridgehead atoms. The van der Waals surface area contributed by atoms with Crippen LogP contribution in [0.4, 0.5) is 0 Å². The highest BCUT2D eigenvalue weighted by molar-refractivity contribution is 7.98. The van der Waals surface area contributed by atoms with Crippen LogP contribution in [0.2, 0.25) is 0 Å². The highest BCUT2D eigenvalue weighted by Crippen LogP contribution is 2.23. The minimum Gasteiger partial charge on any atom is -0.480 e. The lowest BCUT2D eigenvalue weighted by Gasteiger charge is -2.31. The number of unbranched alkanes of at least 4 members (excludes halogenated alkanes) is 1. The van der Waals surface area contributed by atoms with E-state index in [9.17, 15) is 82.8 Å². The van der Waals surface area contributed by atoms with Crippen LogP contribution in [0.15, 0.2) is 40.4 Å². The van der Waals surface area contributed by atoms with E-state index < -0.39 is 175 Å². The zero-order valence-electron chi connectivity index (χ0n) is 59.0. The molecule has 1 aliphatic rings. The van der Waals surface area contributed by atoms with Gasteiger partial charge in [-0.15, -0.1) is 0 Å². The number of amides is 12. The molecule has 1 aromatic carbocycles. The molecule has 39 heteroatoms. The molecule has 0 aliphatic carbocycles. The number of aromatic amines is 1. The van der Waals surface area contributed by atoms with E-state index in [0.717, 1.165) is 6.92 Å². The monoisotopic (exact) mass is 1490 g/mol. The molecule has 1 aliphatic heterocycles. The number of aliphatic hydroxyl groups excluding tert-OH is 3. The quantitative estimate of drug-likeness (QED) is 0.0127. The Morgan fingerprint density at radius 3 is 1.54 bits per heavy atom. The first-order chi connectivity index (χ1) is 48.8. The van der Waals surface area contributed by atoms with Gasteiger partial charge in [-0.2, -0.15) is 24.4 Å². The minimum absolute atomic E-state index is 0.0125. The third-order valence-electron chi connectivity index (χ3n) is 16.4. The van der Waals surface area contributed by atoms with Crippen molar-refractivity contribution < 1.29 is 82.8 Å². The van der Waals surface area contributed by atoms with E-state index in [1.165, 1.54) is 16.7 Å². The summed E-state index contributed by atoms with van der Waals surface area (Å²) in [5.41, 5.74) is 29.3. The molecule has 0 spiro atoms. The highest BCUT2D eigenvalue weighted by Gasteiger charge is 2.41. The van der Waals surface area contributed by atoms with Crippen molar-refractivity contribution in [1.29, 1.82) is 0 Å². The molecule has 1 fully saturated rings. The molecule has 12 amide bonds. The van der Waals surface area contributed by atoms with Gasteiger partial charge in [0.25, 0.3) is 0 Å². The van der Waals surface area contributed by atoms with Gasteiger partial charge in [-0.3, -0.25) is 67.5 Å². The summed E-state index contributed by atoms with van der Waals surface area (Å²) < 4.78 is 0. The molecule has 1 aromatic heterocycles. The Hall–Kier alpha value is -9.05. The number of thiol groups is 1. The number of aromatic nitrogens is 1. The van der Waals surface area contributed by atoms with Crippen LogP contribution in [-0.4, -0.2) is 255 Å². The Bertz CT molecular complexity index is 3240. The number of aliphatic hydroxyl groups is 3. The Kier molecular flexibility index (Phi) is 39.2. The standard InChI is InChI=1S/C64H106N20O17S2/c1-33(2)26-43(78-56(94)45(29-85)73-35(5)88)54(92)75-41(18-12-23-71-64(68)69)53(91)79-44(27-36-28-72-38-15-8-7-14-37(36)38)55(93)80-46(30-86)57(95)76-40(17-11-22-70-63(66)67)51(89)74-39(16-9-10-21-65)52(90)77-42(20-25-103-6)61(99)84-24-13-19-49(84)59(97)82-48(32-102)58(96)83-50(34(3)4)60(98)81-47(31-87)62(100)101/h7-8,14-15,28,33-34,39-50,72,85-87,102H,9-13,16-27,29-32,65H2,1-6H3,(H,73,88)(H,74,89)(H,75,92)(H,76,95)(H,77,90)(H,78,94)(H,79,91)(H,80,93)(H,81,98)(H,82,97)(H,83,96)(H,100,101)(H4,66,67,70)(H4,68,69,71)/t39-,40-,41-,42-,43-,44-,45+,46-,47-,48-,49-,50-/m0/s1. The van der Waals surface area contributed by atoms with Gasteiger partial charge in [0.2, 0.25) is 70.9 Å². The number of carbonyl (C=O) groups is 13. The van der Waals surface area contributed by atoms with Crippen LogP contribution in [0.3, 0.4) is 0 Å². The number of hydrogen-bond donors (Lipinski definition) is 22. The van der Waals surface area contributed by atoms with Crippen LogP contribution in [0.1, 0.15) is 111 Å². The predicted octanol–water partition coefficient (Wildman–Crippen LogP) is -6.26. The largest absolute Gasteiger partial charge is 0.480 e. The van der Waals surface area contributed by atoms with E-state index in [4.69, 9.17) is 28.7 Å². The lowest BCUT2D eigenvalue weighted by atomic mass is 10.0. The number of aliphatic imine (C=N–C) groups is 2. The van der Waals surface area contributed by atoms with Crippen LogP contribution >= 0.6 is 24.4 Å². The van der Waals surface area contributed by atoms with Crippen LogP contribution < -0.4 is 87.2 Å². The summed E-state index contributed by atoms with van der Waals surface area (Å²) in [4.78, 5) is 192. The predicted molar refractivity (Wildman–Crippen MR) is 386 cm³/mol. The third kappa shape index (κ3) is 30.1. The Morgan fingerprint density at radius 2 is 1.05 bits per heavy atom. The number of nitrogens with zero attached hydrogens (tertiary/aromatic N) is 3. The molecule has 576 valence electrons. The molecule has 0 radical (unpaired) electrons. The van der Waals surface area contributed by atoms with E-state index in [1.807, 2.05) is 0 Å². The number of benzene rings is 1. The topological polar surface area (TPSA) is 609 Å². The zero-order valence-corrected chi connectivity index (χ0v) is 60.7. The number of nitrogens with one attached hydrogen (secondary N) is 12. The van der Waals surface area contributed by atoms with E-state index in [2.05, 4.69) is 86.1 Å². The smallest absolute Gasteiger partial charge is 0.328 e. The van der Waals surface area contributed by atoms with Crippen LogP contribution in [0.5, 0.6) is 0 Å². The number of hydrogen-bond acceptors (Lipinski definition) is 21. The number of likely N-dealkylation sites (tertiary alicyclic amines) is 1. The van der Waals surface area contributed by atoms with Crippen molar-refractivity contribution >= 4 is 124 Å². The van der Waals surface area contributed by atoms with Gasteiger partial charge in [-0.05, 0) is 113 Å². The summed E-state index contributed by atoms with van der Waals surface area (Å²) in [6.07, 6.45) is 4.01. The molecular weight excluding hydrogens is 1380 g/mol.